The van der Waals surface area contributed by atoms with Crippen molar-refractivity contribution < 1.29 is 27.9 Å². The van der Waals surface area contributed by atoms with E-state index in [4.69, 9.17) is 13.9 Å². The molecule has 5 nitrogen and oxygen atoms in total. The van der Waals surface area contributed by atoms with E-state index in [-0.39, 0.29) is 24.1 Å². The molecule has 0 aliphatic heterocycles. The minimum atomic E-state index is -2.24. The number of ether oxygens (including phenoxy) is 2. The fourth-order valence-electron chi connectivity index (χ4n) is 3.55. The van der Waals surface area contributed by atoms with E-state index in [0.29, 0.717) is 17.7 Å². The van der Waals surface area contributed by atoms with E-state index in [0.717, 1.165) is 0 Å². The van der Waals surface area contributed by atoms with Crippen LogP contribution in [0.4, 0.5) is 4.39 Å². The van der Waals surface area contributed by atoms with Crippen LogP contribution >= 0.6 is 0 Å². The van der Waals surface area contributed by atoms with Crippen LogP contribution in [0, 0.1) is 17.7 Å². The molecule has 1 aliphatic carbocycles. The Balaban J connectivity index is 2.60. The molecule has 1 aliphatic rings. The van der Waals surface area contributed by atoms with E-state index in [1.165, 1.54) is 12.1 Å². The Bertz CT molecular complexity index is 810. The molecule has 1 aromatic carbocycles. The van der Waals surface area contributed by atoms with Gasteiger partial charge in [-0.1, -0.05) is 32.9 Å². The Hall–Kier alpha value is -2.15. The molecule has 0 radical (unpaired) electrons. The number of benzene rings is 1. The predicted octanol–water partition coefficient (Wildman–Crippen LogP) is 5.58. The number of allylic oxidation sites excluding steroid dienone is 2. The number of rotatable bonds is 7. The minimum Gasteiger partial charge on any atom is -0.546 e. The summed E-state index contributed by atoms with van der Waals surface area (Å²) in [4.78, 5) is 25.8. The van der Waals surface area contributed by atoms with Crippen LogP contribution in [0.3, 0.4) is 0 Å². The van der Waals surface area contributed by atoms with Crippen LogP contribution in [0.15, 0.2) is 36.1 Å². The van der Waals surface area contributed by atoms with Crippen LogP contribution in [-0.2, 0) is 23.5 Å². The smallest absolute Gasteiger partial charge is 0.310 e. The van der Waals surface area contributed by atoms with Gasteiger partial charge in [0.1, 0.15) is 5.82 Å². The zero-order valence-electron chi connectivity index (χ0n) is 19.7. The summed E-state index contributed by atoms with van der Waals surface area (Å²) in [5.74, 6) is -2.69. The minimum absolute atomic E-state index is 0.0569. The van der Waals surface area contributed by atoms with E-state index < -0.39 is 38.0 Å². The average Bonchev–Trinajstić information content (AvgIpc) is 2.67. The van der Waals surface area contributed by atoms with Crippen molar-refractivity contribution in [2.45, 2.75) is 65.1 Å². The van der Waals surface area contributed by atoms with Gasteiger partial charge in [0.05, 0.1) is 36.7 Å². The summed E-state index contributed by atoms with van der Waals surface area (Å²) in [5, 5.41) is -0.0569. The molecule has 3 atom stereocenters. The van der Waals surface area contributed by atoms with Crippen molar-refractivity contribution in [2.75, 3.05) is 13.2 Å². The fourth-order valence-corrected chi connectivity index (χ4v) is 4.66. The van der Waals surface area contributed by atoms with Crippen molar-refractivity contribution in [2.24, 2.45) is 11.8 Å². The number of hydrogen-bond donors (Lipinski definition) is 0. The van der Waals surface area contributed by atoms with Gasteiger partial charge in [0.2, 0.25) is 8.32 Å². The van der Waals surface area contributed by atoms with E-state index in [1.807, 2.05) is 6.08 Å². The first-order valence-corrected chi connectivity index (χ1v) is 13.8. The topological polar surface area (TPSA) is 61.8 Å². The first kappa shape index (κ1) is 25.1. The van der Waals surface area contributed by atoms with Gasteiger partial charge >= 0.3 is 11.9 Å². The van der Waals surface area contributed by atoms with Gasteiger partial charge in [-0.25, -0.2) is 4.39 Å². The third kappa shape index (κ3) is 5.76. The summed E-state index contributed by atoms with van der Waals surface area (Å²) < 4.78 is 30.9. The van der Waals surface area contributed by atoms with E-state index in [9.17, 15) is 14.0 Å². The van der Waals surface area contributed by atoms with E-state index >= 15 is 0 Å². The van der Waals surface area contributed by atoms with E-state index in [1.54, 1.807) is 26.0 Å². The van der Waals surface area contributed by atoms with Gasteiger partial charge in [-0.3, -0.25) is 9.59 Å². The third-order valence-electron chi connectivity index (χ3n) is 6.23. The van der Waals surface area contributed by atoms with Crippen LogP contribution in [0.5, 0.6) is 0 Å². The predicted molar refractivity (Wildman–Crippen MR) is 120 cm³/mol. The number of carbonyl (C=O) groups is 2. The Kier molecular flexibility index (Phi) is 8.08. The molecule has 0 spiro atoms. The summed E-state index contributed by atoms with van der Waals surface area (Å²) in [6.07, 6.45) is 2.22. The molecule has 7 heteroatoms. The second kappa shape index (κ2) is 9.98. The summed E-state index contributed by atoms with van der Waals surface area (Å²) >= 11 is 0. The Morgan fingerprint density at radius 1 is 1.03 bits per heavy atom. The van der Waals surface area contributed by atoms with Crippen molar-refractivity contribution in [3.05, 3.63) is 47.5 Å². The molecule has 31 heavy (non-hydrogen) atoms. The first-order valence-electron chi connectivity index (χ1n) is 10.9. The first-order chi connectivity index (χ1) is 14.4. The summed E-state index contributed by atoms with van der Waals surface area (Å²) in [6, 6.07) is 6.00. The molecular formula is C24H35FO5Si. The maximum Gasteiger partial charge on any atom is 0.310 e. The van der Waals surface area contributed by atoms with Gasteiger partial charge in [-0.2, -0.15) is 0 Å². The lowest BCUT2D eigenvalue weighted by atomic mass is 9.71. The van der Waals surface area contributed by atoms with Gasteiger partial charge < -0.3 is 13.9 Å². The molecule has 1 unspecified atom stereocenters. The number of hydrogen-bond acceptors (Lipinski definition) is 5. The van der Waals surface area contributed by atoms with Crippen molar-refractivity contribution >= 4 is 20.3 Å². The Morgan fingerprint density at radius 3 is 2.10 bits per heavy atom. The molecular weight excluding hydrogens is 415 g/mol. The van der Waals surface area contributed by atoms with Crippen LogP contribution in [-0.4, -0.2) is 33.5 Å². The molecule has 1 aromatic rings. The Morgan fingerprint density at radius 2 is 1.58 bits per heavy atom. The molecule has 172 valence electrons. The molecule has 0 heterocycles. The van der Waals surface area contributed by atoms with E-state index in [2.05, 4.69) is 33.9 Å². The van der Waals surface area contributed by atoms with Crippen LogP contribution in [0.1, 0.15) is 52.5 Å². The third-order valence-corrected chi connectivity index (χ3v) is 10.6. The standard InChI is InChI=1S/C24H35FO5Si/c1-8-28-22(26)18-14-15-19(30-31(6,7)24(3,4)5)20(21(18)23(27)29-9-2)16-10-12-17(25)13-11-16/h10-13,15,18,20-21H,8-9,14H2,1-7H3/t18-,20?,21+/m0/s1. The van der Waals surface area contributed by atoms with Gasteiger partial charge in [0.15, 0.2) is 0 Å². The molecule has 0 fully saturated rings. The zero-order valence-corrected chi connectivity index (χ0v) is 20.7. The van der Waals surface area contributed by atoms with Gasteiger partial charge in [-0.15, -0.1) is 0 Å². The monoisotopic (exact) mass is 450 g/mol. The number of carbonyl (C=O) groups excluding carboxylic acids is 2. The highest BCUT2D eigenvalue weighted by Crippen LogP contribution is 2.47. The quantitative estimate of drug-likeness (QED) is 0.401. The van der Waals surface area contributed by atoms with Crippen molar-refractivity contribution in [1.82, 2.24) is 0 Å². The SMILES string of the molecule is CCOC(=O)[C@H]1CC=C(O[Si](C)(C)C(C)(C)C)C(c2ccc(F)cc2)[C@@H]1C(=O)OCC. The normalized spacial score (nSPS) is 21.8. The highest BCUT2D eigenvalue weighted by Gasteiger charge is 2.49. The van der Waals surface area contributed by atoms with Gasteiger partial charge in [-0.05, 0) is 62.2 Å². The zero-order chi connectivity index (χ0) is 23.4. The van der Waals surface area contributed by atoms with Crippen LogP contribution in [0.2, 0.25) is 18.1 Å². The molecule has 0 saturated heterocycles. The molecule has 0 N–H and O–H groups in total. The lowest BCUT2D eigenvalue weighted by Gasteiger charge is -2.42. The van der Waals surface area contributed by atoms with Gasteiger partial charge in [0, 0.05) is 0 Å². The fraction of sp³-hybridized carbons (Fsp3) is 0.583. The molecule has 0 bridgehead atoms. The highest BCUT2D eigenvalue weighted by atomic mass is 28.4. The van der Waals surface area contributed by atoms with Crippen molar-refractivity contribution in [3.8, 4) is 0 Å². The van der Waals surface area contributed by atoms with Crippen molar-refractivity contribution in [1.29, 1.82) is 0 Å². The lowest BCUT2D eigenvalue weighted by molar-refractivity contribution is -0.161. The summed E-state index contributed by atoms with van der Waals surface area (Å²) in [6.45, 7) is 14.6. The summed E-state index contributed by atoms with van der Waals surface area (Å²) in [7, 11) is -2.24. The largest absolute Gasteiger partial charge is 0.546 e. The van der Waals surface area contributed by atoms with Crippen LogP contribution < -0.4 is 0 Å². The van der Waals surface area contributed by atoms with Crippen molar-refractivity contribution in [3.63, 3.8) is 0 Å². The maximum absolute atomic E-state index is 13.7. The number of halogens is 1. The molecule has 0 saturated carbocycles. The number of esters is 2. The Labute approximate surface area is 186 Å². The molecule has 0 amide bonds. The average molecular weight is 451 g/mol. The maximum atomic E-state index is 13.7. The summed E-state index contributed by atoms with van der Waals surface area (Å²) in [5.41, 5.74) is 0.707. The highest BCUT2D eigenvalue weighted by molar-refractivity contribution is 6.74. The second-order valence-corrected chi connectivity index (χ2v) is 14.1. The molecule has 2 rings (SSSR count). The second-order valence-electron chi connectivity index (χ2n) is 9.37. The molecule has 0 aromatic heterocycles. The van der Waals surface area contributed by atoms with Crippen LogP contribution in [0.25, 0.3) is 0 Å². The lowest BCUT2D eigenvalue weighted by Crippen LogP contribution is -2.45. The van der Waals surface area contributed by atoms with Gasteiger partial charge in [0.25, 0.3) is 0 Å².